The van der Waals surface area contributed by atoms with Crippen molar-refractivity contribution in [2.75, 3.05) is 84.1 Å². The zero-order valence-electron chi connectivity index (χ0n) is 47.8. The van der Waals surface area contributed by atoms with E-state index in [0.29, 0.717) is 46.1 Å². The fourth-order valence-corrected chi connectivity index (χ4v) is 10.4. The van der Waals surface area contributed by atoms with Crippen molar-refractivity contribution in [2.45, 2.75) is 105 Å². The number of amides is 1. The van der Waals surface area contributed by atoms with E-state index in [1.807, 2.05) is 131 Å². The van der Waals surface area contributed by atoms with Gasteiger partial charge in [-0.1, -0.05) is 30.3 Å². The molecule has 2 saturated heterocycles. The van der Waals surface area contributed by atoms with Crippen molar-refractivity contribution in [1.82, 2.24) is 23.5 Å². The van der Waals surface area contributed by atoms with E-state index in [2.05, 4.69) is 42.2 Å². The molecule has 7 aromatic rings. The molecule has 0 atom stereocenters. The molecule has 4 aromatic carbocycles. The van der Waals surface area contributed by atoms with E-state index >= 15 is 0 Å². The predicted octanol–water partition coefficient (Wildman–Crippen LogP) is 8.61. The summed E-state index contributed by atoms with van der Waals surface area (Å²) in [5.74, 6) is 1.46. The largest absolute Gasteiger partial charge is 0.486 e. The summed E-state index contributed by atoms with van der Waals surface area (Å²) in [5, 5.41) is 3.20. The first-order chi connectivity index (χ1) is 37.7. The third-order valence-electron chi connectivity index (χ3n) is 14.6. The number of anilines is 2. The Kier molecular flexibility index (Phi) is 18.3. The number of hydrogen-bond acceptors (Lipinski definition) is 13. The van der Waals surface area contributed by atoms with Gasteiger partial charge in [0.2, 0.25) is 0 Å². The van der Waals surface area contributed by atoms with E-state index in [1.54, 1.807) is 22.8 Å². The Bertz CT molecular complexity index is 3510. The molecule has 3 aromatic heterocycles. The molecule has 3 aliphatic heterocycles. The van der Waals surface area contributed by atoms with E-state index < -0.39 is 5.60 Å². The zero-order chi connectivity index (χ0) is 56.7. The third kappa shape index (κ3) is 14.1. The lowest BCUT2D eigenvalue weighted by Gasteiger charge is -2.39. The van der Waals surface area contributed by atoms with Crippen molar-refractivity contribution in [2.24, 2.45) is 0 Å². The van der Waals surface area contributed by atoms with Crippen molar-refractivity contribution in [1.29, 1.82) is 0 Å². The highest BCUT2D eigenvalue weighted by Gasteiger charge is 2.32. The minimum Gasteiger partial charge on any atom is -0.486 e. The van der Waals surface area contributed by atoms with Gasteiger partial charge in [-0.05, 0) is 132 Å². The number of aromatic nitrogens is 3. The van der Waals surface area contributed by atoms with Gasteiger partial charge in [0.1, 0.15) is 25.1 Å². The lowest BCUT2D eigenvalue weighted by molar-refractivity contribution is -0.108. The first kappa shape index (κ1) is 57.7. The molecule has 17 nitrogen and oxygen atoms in total. The van der Waals surface area contributed by atoms with Gasteiger partial charge in [0, 0.05) is 113 Å². The number of fused-ring (bicyclic) bond motifs is 4. The van der Waals surface area contributed by atoms with Gasteiger partial charge in [-0.15, -0.1) is 0 Å². The second-order valence-corrected chi connectivity index (χ2v) is 22.1. The van der Waals surface area contributed by atoms with Crippen LogP contribution in [0.2, 0.25) is 0 Å². The minimum atomic E-state index is -0.578. The van der Waals surface area contributed by atoms with Crippen LogP contribution in [0.25, 0.3) is 32.7 Å². The number of hydrogen-bond donors (Lipinski definition) is 0. The number of nitrogens with zero attached hydrogens (tertiary/aromatic N) is 7. The van der Waals surface area contributed by atoms with Crippen LogP contribution in [0.5, 0.6) is 11.5 Å². The van der Waals surface area contributed by atoms with Gasteiger partial charge in [-0.2, -0.15) is 0 Å². The summed E-state index contributed by atoms with van der Waals surface area (Å²) in [6, 6.07) is 29.3. The van der Waals surface area contributed by atoms with Crippen molar-refractivity contribution in [3.05, 3.63) is 150 Å². The molecule has 3 aliphatic rings. The molecule has 17 heteroatoms. The Balaban J connectivity index is 0.000000175. The number of piperidine rings is 1. The normalized spacial score (nSPS) is 14.8. The number of aldehydes is 1. The minimum absolute atomic E-state index is 0.0185. The van der Waals surface area contributed by atoms with Crippen molar-refractivity contribution < 1.29 is 33.3 Å². The Hall–Kier alpha value is -7.47. The van der Waals surface area contributed by atoms with Crippen LogP contribution < -0.4 is 36.0 Å². The Morgan fingerprint density at radius 2 is 1.14 bits per heavy atom. The average Bonchev–Trinajstić information content (AvgIpc) is 3.97. The predicted molar refractivity (Wildman–Crippen MR) is 313 cm³/mol. The molecular formula is C62H77N7O10. The van der Waals surface area contributed by atoms with Gasteiger partial charge in [0.25, 0.3) is 16.7 Å². The smallest absolute Gasteiger partial charge is 0.410 e. The second kappa shape index (κ2) is 25.1. The number of ether oxygens (including phenoxy) is 5. The van der Waals surface area contributed by atoms with Gasteiger partial charge in [0.05, 0.1) is 42.9 Å². The summed E-state index contributed by atoms with van der Waals surface area (Å²) in [6.45, 7) is 19.9. The van der Waals surface area contributed by atoms with Gasteiger partial charge >= 0.3 is 6.09 Å². The maximum absolute atomic E-state index is 13.4. The van der Waals surface area contributed by atoms with Crippen LogP contribution in [-0.2, 0) is 45.2 Å². The summed E-state index contributed by atoms with van der Waals surface area (Å²) in [5.41, 5.74) is 9.17. The molecule has 10 rings (SSSR count). The Morgan fingerprint density at radius 3 is 1.70 bits per heavy atom. The molecule has 0 aliphatic carbocycles. The van der Waals surface area contributed by atoms with E-state index in [0.717, 1.165) is 122 Å². The Labute approximate surface area is 462 Å². The summed E-state index contributed by atoms with van der Waals surface area (Å²) >= 11 is 0. The van der Waals surface area contributed by atoms with Crippen LogP contribution in [0.3, 0.4) is 0 Å². The second-order valence-electron chi connectivity index (χ2n) is 22.1. The maximum atomic E-state index is 13.4. The fraction of sp³-hybridized carbons (Fsp3) is 0.435. The molecule has 0 spiro atoms. The van der Waals surface area contributed by atoms with E-state index in [9.17, 15) is 24.0 Å². The number of likely N-dealkylation sites (tertiary alicyclic amines) is 1. The Morgan fingerprint density at radius 1 is 0.620 bits per heavy atom. The number of rotatable bonds is 12. The van der Waals surface area contributed by atoms with Crippen molar-refractivity contribution in [3.8, 4) is 11.5 Å². The number of pyridine rings is 3. The first-order valence-electron chi connectivity index (χ1n) is 27.2. The maximum Gasteiger partial charge on any atom is 0.410 e. The fourth-order valence-electron chi connectivity index (χ4n) is 10.4. The summed E-state index contributed by atoms with van der Waals surface area (Å²) in [6.07, 6.45) is 1.79. The van der Waals surface area contributed by atoms with Gasteiger partial charge in [-0.25, -0.2) is 4.79 Å². The lowest BCUT2D eigenvalue weighted by atomic mass is 10.0. The summed E-state index contributed by atoms with van der Waals surface area (Å²) in [7, 11) is 7.86. The monoisotopic (exact) mass is 1080 g/mol. The molecular weight excluding hydrogens is 1000 g/mol. The van der Waals surface area contributed by atoms with E-state index in [4.69, 9.17) is 23.7 Å². The van der Waals surface area contributed by atoms with Crippen LogP contribution >= 0.6 is 0 Å². The molecule has 0 radical (unpaired) electrons. The van der Waals surface area contributed by atoms with Crippen LogP contribution in [0.4, 0.5) is 16.2 Å². The highest BCUT2D eigenvalue weighted by atomic mass is 16.7. The molecule has 79 heavy (non-hydrogen) atoms. The third-order valence-corrected chi connectivity index (χ3v) is 14.6. The molecule has 0 N–H and O–H groups in total. The quantitative estimate of drug-likeness (QED) is 0.107. The number of carbonyl (C=O) groups excluding carboxylic acids is 2. The molecule has 0 bridgehead atoms. The molecule has 2 fully saturated rings. The standard InChI is InChI=1S/C32H41N3O5.C16H20N2O3.C14H16N2O2/c1-22-6-8-26-23(2)19-30(36)34(27(26)18-22)15-14-33-12-10-25(11-13-33)35(31(37)40-32(3,4)5)21-24-7-9-28-29(20-24)39-17-16-38-28;1-11-8-15(19)18(10-16-20-6-7-21-16)14-9-12(17(2)3)4-5-13(11)14;1-10-8-14(18)16(6-7-17)13-9-11(15(2)3)4-5-12(10)13/h6-9,18-20,25H,10-17,21H2,1-5H3;4-5,8-9,16H,6-7,10H2,1-3H3;4-5,7-9H,6H2,1-3H3. The van der Waals surface area contributed by atoms with Crippen LogP contribution in [-0.4, -0.2) is 128 Å². The first-order valence-corrected chi connectivity index (χ1v) is 27.2. The van der Waals surface area contributed by atoms with Crippen LogP contribution in [0.15, 0.2) is 105 Å². The average molecular weight is 1080 g/mol. The van der Waals surface area contributed by atoms with E-state index in [-0.39, 0.29) is 41.6 Å². The number of carbonyl (C=O) groups is 2. The van der Waals surface area contributed by atoms with Gasteiger partial charge in [0.15, 0.2) is 17.8 Å². The molecule has 1 amide bonds. The number of aryl methyl sites for hydroxylation is 4. The van der Waals surface area contributed by atoms with Crippen LogP contribution in [0, 0.1) is 27.7 Å². The lowest BCUT2D eigenvalue weighted by Crippen LogP contribution is -2.49. The molecule has 6 heterocycles. The molecule has 420 valence electrons. The number of benzene rings is 4. The topological polar surface area (TPSA) is 159 Å². The summed E-state index contributed by atoms with van der Waals surface area (Å²) in [4.78, 5) is 69.5. The zero-order valence-corrected chi connectivity index (χ0v) is 47.8. The highest BCUT2D eigenvalue weighted by molar-refractivity contribution is 5.87. The van der Waals surface area contributed by atoms with Crippen molar-refractivity contribution in [3.63, 3.8) is 0 Å². The van der Waals surface area contributed by atoms with Crippen LogP contribution in [0.1, 0.15) is 61.4 Å². The van der Waals surface area contributed by atoms with Gasteiger partial charge < -0.3 is 61.8 Å². The van der Waals surface area contributed by atoms with Gasteiger partial charge in [-0.3, -0.25) is 14.4 Å². The van der Waals surface area contributed by atoms with E-state index in [1.165, 1.54) is 4.57 Å². The van der Waals surface area contributed by atoms with Crippen molar-refractivity contribution >= 4 is 56.5 Å². The summed E-state index contributed by atoms with van der Waals surface area (Å²) < 4.78 is 33.4. The SMILES string of the molecule is Cc1cc(=O)n(CC2OCCO2)c2cc(N(C)C)ccc12.Cc1cc(=O)n(CC=O)c2cc(N(C)C)ccc12.Cc1ccc2c(C)cc(=O)n(CCN3CCC(N(Cc4ccc5c(c4)OCCO5)C(=O)OC(C)(C)C)CC3)c2c1. The molecule has 0 saturated carbocycles. The highest BCUT2D eigenvalue weighted by Crippen LogP contribution is 2.33. The molecule has 0 unspecified atom stereocenters.